The molecule has 1 aliphatic heterocycles. The minimum atomic E-state index is -3.56. The zero-order valence-electron chi connectivity index (χ0n) is 13.5. The van der Waals surface area contributed by atoms with E-state index in [2.05, 4.69) is 9.71 Å². The van der Waals surface area contributed by atoms with Crippen LogP contribution in [0.1, 0.15) is 18.5 Å². The lowest BCUT2D eigenvalue weighted by Gasteiger charge is -2.23. The van der Waals surface area contributed by atoms with Crippen molar-refractivity contribution in [1.82, 2.24) is 14.0 Å². The van der Waals surface area contributed by atoms with E-state index in [0.29, 0.717) is 24.7 Å². The zero-order chi connectivity index (χ0) is 17.0. The van der Waals surface area contributed by atoms with Gasteiger partial charge in [0.1, 0.15) is 6.26 Å². The normalized spacial score (nSPS) is 19.0. The van der Waals surface area contributed by atoms with E-state index in [1.807, 2.05) is 30.3 Å². The molecule has 1 N–H and O–H groups in total. The lowest BCUT2D eigenvalue weighted by atomic mass is 10.2. The van der Waals surface area contributed by atoms with Crippen LogP contribution in [-0.4, -0.2) is 44.0 Å². The fourth-order valence-electron chi connectivity index (χ4n) is 2.83. The molecule has 0 saturated carbocycles. The summed E-state index contributed by atoms with van der Waals surface area (Å²) in [5.74, 6) is 0.475. The number of hydrogen-bond acceptors (Lipinski definition) is 5. The molecule has 1 atom stereocenters. The summed E-state index contributed by atoms with van der Waals surface area (Å²) in [6, 6.07) is 9.37. The summed E-state index contributed by atoms with van der Waals surface area (Å²) in [7, 11) is -1.98. The summed E-state index contributed by atoms with van der Waals surface area (Å²) in [5, 5.41) is 0. The van der Waals surface area contributed by atoms with Crippen molar-refractivity contribution in [1.29, 1.82) is 0 Å². The molecule has 2 heterocycles. The number of methoxy groups -OCH3 is 1. The van der Waals surface area contributed by atoms with Crippen molar-refractivity contribution in [2.45, 2.75) is 25.4 Å². The van der Waals surface area contributed by atoms with Gasteiger partial charge in [-0.1, -0.05) is 18.2 Å². The molecular formula is C16H21N3O4S. The predicted molar refractivity (Wildman–Crippen MR) is 89.3 cm³/mol. The molecule has 2 aromatic rings. The van der Waals surface area contributed by atoms with Crippen LogP contribution in [0.2, 0.25) is 0 Å². The second-order valence-electron chi connectivity index (χ2n) is 5.70. The Labute approximate surface area is 141 Å². The fraction of sp³-hybridized carbons (Fsp3) is 0.438. The summed E-state index contributed by atoms with van der Waals surface area (Å²) in [4.78, 5) is 4.33. The topological polar surface area (TPSA) is 84.7 Å². The highest BCUT2D eigenvalue weighted by Gasteiger charge is 2.33. The molecule has 0 spiro atoms. The molecular weight excluding hydrogens is 330 g/mol. The monoisotopic (exact) mass is 351 g/mol. The van der Waals surface area contributed by atoms with Crippen LogP contribution in [0.15, 0.2) is 41.0 Å². The Morgan fingerprint density at radius 3 is 2.92 bits per heavy atom. The number of ether oxygens (including phenoxy) is 1. The molecule has 0 amide bonds. The summed E-state index contributed by atoms with van der Waals surface area (Å²) in [6.45, 7) is 1.01. The Bertz CT molecular complexity index is 761. The average Bonchev–Trinajstić information content (AvgIpc) is 3.24. The molecule has 0 radical (unpaired) electrons. The molecule has 1 aromatic carbocycles. The van der Waals surface area contributed by atoms with Gasteiger partial charge in [-0.25, -0.2) is 4.98 Å². The van der Waals surface area contributed by atoms with E-state index in [9.17, 15) is 8.42 Å². The van der Waals surface area contributed by atoms with Crippen molar-refractivity contribution in [3.05, 3.63) is 42.3 Å². The number of nitrogens with one attached hydrogen (secondary N) is 1. The molecule has 1 aromatic heterocycles. The summed E-state index contributed by atoms with van der Waals surface area (Å²) < 4.78 is 39.5. The quantitative estimate of drug-likeness (QED) is 0.822. The van der Waals surface area contributed by atoms with Gasteiger partial charge in [-0.05, 0) is 25.0 Å². The average molecular weight is 351 g/mol. The number of hydrogen-bond donors (Lipinski definition) is 1. The van der Waals surface area contributed by atoms with E-state index in [4.69, 9.17) is 9.15 Å². The van der Waals surface area contributed by atoms with Crippen LogP contribution in [0.25, 0.3) is 11.5 Å². The minimum Gasteiger partial charge on any atom is -0.444 e. The zero-order valence-corrected chi connectivity index (χ0v) is 14.3. The Morgan fingerprint density at radius 2 is 2.17 bits per heavy atom. The standard InChI is InChI=1S/C16H21N3O4S/c1-22-12-15-8-5-9-19(15)24(20,21)17-10-14-11-23-16(18-14)13-6-3-2-4-7-13/h2-4,6-7,11,15,17H,5,8-10,12H2,1H3/t15-/m1/s1. The summed E-state index contributed by atoms with van der Waals surface area (Å²) in [5.41, 5.74) is 1.39. The van der Waals surface area contributed by atoms with Crippen LogP contribution >= 0.6 is 0 Å². The molecule has 8 heteroatoms. The molecule has 3 rings (SSSR count). The first-order valence-corrected chi connectivity index (χ1v) is 9.29. The second-order valence-corrected chi connectivity index (χ2v) is 7.41. The maximum Gasteiger partial charge on any atom is 0.280 e. The van der Waals surface area contributed by atoms with Crippen LogP contribution in [0.4, 0.5) is 0 Å². The van der Waals surface area contributed by atoms with Crippen molar-refractivity contribution in [2.75, 3.05) is 20.3 Å². The molecule has 0 aliphatic carbocycles. The van der Waals surface area contributed by atoms with E-state index in [0.717, 1.165) is 18.4 Å². The van der Waals surface area contributed by atoms with Gasteiger partial charge in [-0.15, -0.1) is 0 Å². The van der Waals surface area contributed by atoms with Gasteiger partial charge in [0.05, 0.1) is 18.8 Å². The SMILES string of the molecule is COC[C@H]1CCCN1S(=O)(=O)NCc1coc(-c2ccccc2)n1. The third-order valence-corrected chi connectivity index (χ3v) is 5.61. The summed E-state index contributed by atoms with van der Waals surface area (Å²) in [6.07, 6.45) is 3.13. The lowest BCUT2D eigenvalue weighted by Crippen LogP contribution is -2.44. The van der Waals surface area contributed by atoms with E-state index in [1.165, 1.54) is 10.6 Å². The molecule has 0 bridgehead atoms. The van der Waals surface area contributed by atoms with Crippen LogP contribution in [0.5, 0.6) is 0 Å². The van der Waals surface area contributed by atoms with Crippen molar-refractivity contribution in [3.63, 3.8) is 0 Å². The number of nitrogens with zero attached hydrogens (tertiary/aromatic N) is 2. The van der Waals surface area contributed by atoms with E-state index in [1.54, 1.807) is 7.11 Å². The Kier molecular flexibility index (Phi) is 5.30. The van der Waals surface area contributed by atoms with Crippen LogP contribution in [0.3, 0.4) is 0 Å². The predicted octanol–water partition coefficient (Wildman–Crippen LogP) is 1.79. The Hall–Kier alpha value is -1.74. The van der Waals surface area contributed by atoms with Gasteiger partial charge in [0.25, 0.3) is 10.2 Å². The summed E-state index contributed by atoms with van der Waals surface area (Å²) >= 11 is 0. The lowest BCUT2D eigenvalue weighted by molar-refractivity contribution is 0.148. The van der Waals surface area contributed by atoms with Gasteiger partial charge in [0.15, 0.2) is 0 Å². The van der Waals surface area contributed by atoms with Gasteiger partial charge in [-0.3, -0.25) is 0 Å². The Morgan fingerprint density at radius 1 is 1.38 bits per heavy atom. The maximum absolute atomic E-state index is 12.5. The van der Waals surface area contributed by atoms with Crippen molar-refractivity contribution in [3.8, 4) is 11.5 Å². The highest BCUT2D eigenvalue weighted by molar-refractivity contribution is 7.87. The molecule has 1 aliphatic rings. The first kappa shape index (κ1) is 17.1. The highest BCUT2D eigenvalue weighted by Crippen LogP contribution is 2.21. The molecule has 1 saturated heterocycles. The second kappa shape index (κ2) is 7.43. The third-order valence-electron chi connectivity index (χ3n) is 4.00. The molecule has 24 heavy (non-hydrogen) atoms. The van der Waals surface area contributed by atoms with Gasteiger partial charge < -0.3 is 9.15 Å². The largest absolute Gasteiger partial charge is 0.444 e. The van der Waals surface area contributed by atoms with Crippen LogP contribution < -0.4 is 4.72 Å². The van der Waals surface area contributed by atoms with E-state index >= 15 is 0 Å². The maximum atomic E-state index is 12.5. The minimum absolute atomic E-state index is 0.0921. The first-order valence-electron chi connectivity index (χ1n) is 7.85. The van der Waals surface area contributed by atoms with Gasteiger partial charge in [-0.2, -0.15) is 17.4 Å². The van der Waals surface area contributed by atoms with E-state index < -0.39 is 10.2 Å². The number of benzene rings is 1. The molecule has 130 valence electrons. The van der Waals surface area contributed by atoms with Gasteiger partial charge in [0.2, 0.25) is 5.89 Å². The van der Waals surface area contributed by atoms with Gasteiger partial charge >= 0.3 is 0 Å². The van der Waals surface area contributed by atoms with Crippen molar-refractivity contribution in [2.24, 2.45) is 0 Å². The first-order chi connectivity index (χ1) is 11.6. The van der Waals surface area contributed by atoms with Crippen molar-refractivity contribution < 1.29 is 17.6 Å². The smallest absolute Gasteiger partial charge is 0.280 e. The van der Waals surface area contributed by atoms with Crippen molar-refractivity contribution >= 4 is 10.2 Å². The Balaban J connectivity index is 1.64. The molecule has 1 fully saturated rings. The fourth-order valence-corrected chi connectivity index (χ4v) is 4.26. The highest BCUT2D eigenvalue weighted by atomic mass is 32.2. The van der Waals surface area contributed by atoms with Gasteiger partial charge in [0, 0.05) is 25.3 Å². The molecule has 7 nitrogen and oxygen atoms in total. The third kappa shape index (κ3) is 3.84. The van der Waals surface area contributed by atoms with E-state index in [-0.39, 0.29) is 12.6 Å². The van der Waals surface area contributed by atoms with Crippen LogP contribution in [0, 0.1) is 0 Å². The number of oxazole rings is 1. The van der Waals surface area contributed by atoms with Crippen LogP contribution in [-0.2, 0) is 21.5 Å². The molecule has 0 unspecified atom stereocenters. The number of aromatic nitrogens is 1. The number of rotatable bonds is 7.